The molecule has 0 aromatic rings. The first-order valence-corrected chi connectivity index (χ1v) is 5.38. The van der Waals surface area contributed by atoms with Gasteiger partial charge in [-0.15, -0.1) is 0 Å². The van der Waals surface area contributed by atoms with E-state index in [1.807, 2.05) is 4.90 Å². The number of carbonyl (C=O) groups excluding carboxylic acids is 1. The van der Waals surface area contributed by atoms with E-state index in [4.69, 9.17) is 0 Å². The molecular formula is C11H22N2O. The molecule has 3 nitrogen and oxygen atoms in total. The molecule has 1 saturated heterocycles. The summed E-state index contributed by atoms with van der Waals surface area (Å²) in [6.45, 7) is 12.3. The number of nitrogens with one attached hydrogen (secondary N) is 1. The van der Waals surface area contributed by atoms with Crippen LogP contribution < -0.4 is 5.32 Å². The Balaban J connectivity index is 2.79. The van der Waals surface area contributed by atoms with Gasteiger partial charge in [0.05, 0.1) is 0 Å². The average molecular weight is 198 g/mol. The van der Waals surface area contributed by atoms with Crippen molar-refractivity contribution < 1.29 is 4.79 Å². The molecule has 2 amide bonds. The minimum atomic E-state index is -0.0809. The van der Waals surface area contributed by atoms with Crippen molar-refractivity contribution >= 4 is 6.03 Å². The predicted octanol–water partition coefficient (Wildman–Crippen LogP) is 2.08. The Morgan fingerprint density at radius 2 is 1.86 bits per heavy atom. The zero-order valence-electron chi connectivity index (χ0n) is 9.92. The van der Waals surface area contributed by atoms with E-state index in [0.29, 0.717) is 11.8 Å². The van der Waals surface area contributed by atoms with Crippen molar-refractivity contribution in [1.82, 2.24) is 10.2 Å². The molecule has 3 heteroatoms. The highest BCUT2D eigenvalue weighted by Crippen LogP contribution is 2.21. The molecular weight excluding hydrogens is 176 g/mol. The number of hydrogen-bond acceptors (Lipinski definition) is 1. The van der Waals surface area contributed by atoms with Gasteiger partial charge in [-0.3, -0.25) is 0 Å². The van der Waals surface area contributed by atoms with E-state index < -0.39 is 0 Å². The SMILES string of the molecule is CC1CNC(=O)N(C(C)(C)C)CC1C. The zero-order valence-corrected chi connectivity index (χ0v) is 9.92. The lowest BCUT2D eigenvalue weighted by Crippen LogP contribution is -2.50. The summed E-state index contributed by atoms with van der Waals surface area (Å²) in [7, 11) is 0. The second kappa shape index (κ2) is 3.79. The van der Waals surface area contributed by atoms with E-state index >= 15 is 0 Å². The van der Waals surface area contributed by atoms with E-state index in [1.54, 1.807) is 0 Å². The molecule has 0 aromatic heterocycles. The summed E-state index contributed by atoms with van der Waals surface area (Å²) in [6, 6.07) is 0.0775. The molecule has 1 aliphatic heterocycles. The summed E-state index contributed by atoms with van der Waals surface area (Å²) in [5.74, 6) is 1.12. The third-order valence-corrected chi connectivity index (χ3v) is 3.07. The van der Waals surface area contributed by atoms with E-state index in [0.717, 1.165) is 13.1 Å². The van der Waals surface area contributed by atoms with Crippen LogP contribution in [0.5, 0.6) is 0 Å². The van der Waals surface area contributed by atoms with E-state index in [-0.39, 0.29) is 11.6 Å². The fraction of sp³-hybridized carbons (Fsp3) is 0.909. The number of amides is 2. The molecule has 1 rings (SSSR count). The van der Waals surface area contributed by atoms with Gasteiger partial charge in [0.15, 0.2) is 0 Å². The summed E-state index contributed by atoms with van der Waals surface area (Å²) in [5.41, 5.74) is -0.0809. The summed E-state index contributed by atoms with van der Waals surface area (Å²) in [4.78, 5) is 13.7. The van der Waals surface area contributed by atoms with E-state index in [2.05, 4.69) is 39.9 Å². The van der Waals surface area contributed by atoms with Gasteiger partial charge in [-0.2, -0.15) is 0 Å². The lowest BCUT2D eigenvalue weighted by molar-refractivity contribution is 0.137. The fourth-order valence-electron chi connectivity index (χ4n) is 1.67. The minimum Gasteiger partial charge on any atom is -0.338 e. The van der Waals surface area contributed by atoms with Crippen molar-refractivity contribution in [2.75, 3.05) is 13.1 Å². The number of urea groups is 1. The zero-order chi connectivity index (χ0) is 10.9. The lowest BCUT2D eigenvalue weighted by atomic mass is 9.95. The molecule has 2 unspecified atom stereocenters. The Morgan fingerprint density at radius 3 is 2.36 bits per heavy atom. The van der Waals surface area contributed by atoms with E-state index in [1.165, 1.54) is 0 Å². The Labute approximate surface area is 86.9 Å². The minimum absolute atomic E-state index is 0.0775. The first-order chi connectivity index (χ1) is 6.32. The van der Waals surface area contributed by atoms with E-state index in [9.17, 15) is 4.79 Å². The topological polar surface area (TPSA) is 32.3 Å². The van der Waals surface area contributed by atoms with Gasteiger partial charge >= 0.3 is 6.03 Å². The lowest BCUT2D eigenvalue weighted by Gasteiger charge is -2.35. The molecule has 82 valence electrons. The van der Waals surface area contributed by atoms with Gasteiger partial charge in [0.25, 0.3) is 0 Å². The second-order valence-electron chi connectivity index (χ2n) is 5.42. The maximum absolute atomic E-state index is 11.8. The van der Waals surface area contributed by atoms with Crippen LogP contribution in [0.25, 0.3) is 0 Å². The van der Waals surface area contributed by atoms with Gasteiger partial charge in [-0.05, 0) is 32.6 Å². The van der Waals surface area contributed by atoms with Gasteiger partial charge in [-0.1, -0.05) is 13.8 Å². The highest BCUT2D eigenvalue weighted by atomic mass is 16.2. The van der Waals surface area contributed by atoms with Crippen LogP contribution in [0.2, 0.25) is 0 Å². The molecule has 0 aliphatic carbocycles. The molecule has 0 saturated carbocycles. The summed E-state index contributed by atoms with van der Waals surface area (Å²) < 4.78 is 0. The van der Waals surface area contributed by atoms with Crippen molar-refractivity contribution in [2.24, 2.45) is 11.8 Å². The van der Waals surface area contributed by atoms with Crippen LogP contribution in [0, 0.1) is 11.8 Å². The van der Waals surface area contributed by atoms with Crippen LogP contribution in [0.3, 0.4) is 0 Å². The normalized spacial score (nSPS) is 29.8. The van der Waals surface area contributed by atoms with Crippen LogP contribution in [-0.2, 0) is 0 Å². The monoisotopic (exact) mass is 198 g/mol. The Morgan fingerprint density at radius 1 is 1.29 bits per heavy atom. The molecule has 0 radical (unpaired) electrons. The van der Waals surface area contributed by atoms with Gasteiger partial charge in [0.2, 0.25) is 0 Å². The Hall–Kier alpha value is -0.730. The van der Waals surface area contributed by atoms with Crippen molar-refractivity contribution in [3.8, 4) is 0 Å². The smallest absolute Gasteiger partial charge is 0.317 e. The predicted molar refractivity (Wildman–Crippen MR) is 58.2 cm³/mol. The number of hydrogen-bond donors (Lipinski definition) is 1. The highest BCUT2D eigenvalue weighted by Gasteiger charge is 2.31. The molecule has 1 aliphatic rings. The largest absolute Gasteiger partial charge is 0.338 e. The third-order valence-electron chi connectivity index (χ3n) is 3.07. The first-order valence-electron chi connectivity index (χ1n) is 5.38. The quantitative estimate of drug-likeness (QED) is 0.635. The van der Waals surface area contributed by atoms with Gasteiger partial charge in [0.1, 0.15) is 0 Å². The van der Waals surface area contributed by atoms with Crippen molar-refractivity contribution in [3.05, 3.63) is 0 Å². The molecule has 1 fully saturated rings. The Kier molecular flexibility index (Phi) is 3.07. The van der Waals surface area contributed by atoms with Gasteiger partial charge in [0, 0.05) is 18.6 Å². The summed E-state index contributed by atoms with van der Waals surface area (Å²) in [5, 5.41) is 2.97. The molecule has 1 heterocycles. The number of nitrogens with zero attached hydrogens (tertiary/aromatic N) is 1. The molecule has 2 atom stereocenters. The standard InChI is InChI=1S/C11H22N2O/c1-8-6-12-10(14)13(7-9(8)2)11(3,4)5/h8-9H,6-7H2,1-5H3,(H,12,14). The molecule has 0 spiro atoms. The van der Waals surface area contributed by atoms with Gasteiger partial charge in [-0.25, -0.2) is 4.79 Å². The van der Waals surface area contributed by atoms with Crippen molar-refractivity contribution in [1.29, 1.82) is 0 Å². The fourth-order valence-corrected chi connectivity index (χ4v) is 1.67. The van der Waals surface area contributed by atoms with Gasteiger partial charge < -0.3 is 10.2 Å². The summed E-state index contributed by atoms with van der Waals surface area (Å²) >= 11 is 0. The maximum Gasteiger partial charge on any atom is 0.317 e. The third kappa shape index (κ3) is 2.40. The van der Waals surface area contributed by atoms with Crippen LogP contribution >= 0.6 is 0 Å². The molecule has 0 aromatic carbocycles. The molecule has 14 heavy (non-hydrogen) atoms. The molecule has 1 N–H and O–H groups in total. The van der Waals surface area contributed by atoms with Crippen LogP contribution in [0.4, 0.5) is 4.79 Å². The van der Waals surface area contributed by atoms with Crippen LogP contribution in [0.15, 0.2) is 0 Å². The Bertz CT molecular complexity index is 220. The maximum atomic E-state index is 11.8. The average Bonchev–Trinajstić information content (AvgIpc) is 2.17. The second-order valence-corrected chi connectivity index (χ2v) is 5.42. The van der Waals surface area contributed by atoms with Crippen molar-refractivity contribution in [2.45, 2.75) is 40.2 Å². The highest BCUT2D eigenvalue weighted by molar-refractivity contribution is 5.75. The number of carbonyl (C=O) groups is 1. The van der Waals surface area contributed by atoms with Crippen LogP contribution in [0.1, 0.15) is 34.6 Å². The first kappa shape index (κ1) is 11.3. The van der Waals surface area contributed by atoms with Crippen LogP contribution in [-0.4, -0.2) is 29.6 Å². The summed E-state index contributed by atoms with van der Waals surface area (Å²) in [6.07, 6.45) is 0. The number of rotatable bonds is 0. The molecule has 0 bridgehead atoms. The van der Waals surface area contributed by atoms with Crippen molar-refractivity contribution in [3.63, 3.8) is 0 Å².